The molecular formula is C11H16O3. The van der Waals surface area contributed by atoms with Crippen LogP contribution in [0, 0.1) is 0 Å². The molecule has 1 rings (SSSR count). The number of para-hydroxylation sites is 1. The van der Waals surface area contributed by atoms with E-state index in [0.29, 0.717) is 13.2 Å². The lowest BCUT2D eigenvalue weighted by Crippen LogP contribution is -2.18. The van der Waals surface area contributed by atoms with Crippen molar-refractivity contribution in [3.63, 3.8) is 0 Å². The molecule has 0 saturated heterocycles. The summed E-state index contributed by atoms with van der Waals surface area (Å²) in [5.74, 6) is 0.817. The van der Waals surface area contributed by atoms with E-state index in [2.05, 4.69) is 0 Å². The van der Waals surface area contributed by atoms with Gasteiger partial charge in [-0.25, -0.2) is 0 Å². The van der Waals surface area contributed by atoms with Crippen molar-refractivity contribution in [2.45, 2.75) is 13.2 Å². The molecule has 78 valence electrons. The zero-order valence-electron chi connectivity index (χ0n) is 8.60. The third kappa shape index (κ3) is 4.25. The molecule has 0 bridgehead atoms. The van der Waals surface area contributed by atoms with Crippen LogP contribution >= 0.6 is 0 Å². The number of ether oxygens (including phenoxy) is 3. The molecule has 0 aliphatic carbocycles. The summed E-state index contributed by atoms with van der Waals surface area (Å²) in [6.45, 7) is 3.00. The smallest absolute Gasteiger partial charge is 0.197 e. The van der Waals surface area contributed by atoms with E-state index in [1.165, 1.54) is 0 Å². The minimum atomic E-state index is -0.243. The van der Waals surface area contributed by atoms with Gasteiger partial charge in [0.2, 0.25) is 0 Å². The number of hydrogen-bond donors (Lipinski definition) is 0. The Kier molecular flexibility index (Phi) is 5.04. The fraction of sp³-hybridized carbons (Fsp3) is 0.455. The second-order valence-corrected chi connectivity index (χ2v) is 2.86. The van der Waals surface area contributed by atoms with Crippen molar-refractivity contribution in [1.29, 1.82) is 0 Å². The van der Waals surface area contributed by atoms with E-state index in [4.69, 9.17) is 14.2 Å². The van der Waals surface area contributed by atoms with Crippen LogP contribution in [0.15, 0.2) is 30.3 Å². The third-order valence-corrected chi connectivity index (χ3v) is 1.69. The molecule has 14 heavy (non-hydrogen) atoms. The summed E-state index contributed by atoms with van der Waals surface area (Å²) in [6, 6.07) is 9.60. The summed E-state index contributed by atoms with van der Waals surface area (Å²) in [5, 5.41) is 0. The minimum Gasteiger partial charge on any atom is -0.465 e. The van der Waals surface area contributed by atoms with E-state index in [9.17, 15) is 0 Å². The standard InChI is InChI=1S/C11H16O3/c1-10(13-9-8-12-2)14-11-6-4-3-5-7-11/h3-7,10H,8-9H2,1-2H3. The fourth-order valence-corrected chi connectivity index (χ4v) is 1.02. The van der Waals surface area contributed by atoms with E-state index in [-0.39, 0.29) is 6.29 Å². The van der Waals surface area contributed by atoms with Gasteiger partial charge in [-0.1, -0.05) is 18.2 Å². The molecule has 3 nitrogen and oxygen atoms in total. The second kappa shape index (κ2) is 6.40. The quantitative estimate of drug-likeness (QED) is 0.515. The van der Waals surface area contributed by atoms with Gasteiger partial charge in [0.1, 0.15) is 5.75 Å². The summed E-state index contributed by atoms with van der Waals surface area (Å²) in [5.41, 5.74) is 0. The average Bonchev–Trinajstić information content (AvgIpc) is 2.20. The lowest BCUT2D eigenvalue weighted by Gasteiger charge is -2.14. The van der Waals surface area contributed by atoms with Crippen LogP contribution in [0.1, 0.15) is 6.92 Å². The number of hydrogen-bond acceptors (Lipinski definition) is 3. The lowest BCUT2D eigenvalue weighted by molar-refractivity contribution is -0.0796. The molecule has 0 spiro atoms. The maximum absolute atomic E-state index is 5.48. The third-order valence-electron chi connectivity index (χ3n) is 1.69. The first kappa shape index (κ1) is 11.0. The van der Waals surface area contributed by atoms with Gasteiger partial charge in [-0.2, -0.15) is 0 Å². The van der Waals surface area contributed by atoms with Crippen molar-refractivity contribution in [1.82, 2.24) is 0 Å². The van der Waals surface area contributed by atoms with Gasteiger partial charge in [0.25, 0.3) is 0 Å². The second-order valence-electron chi connectivity index (χ2n) is 2.86. The van der Waals surface area contributed by atoms with Gasteiger partial charge in [0.15, 0.2) is 6.29 Å². The molecule has 1 unspecified atom stereocenters. The maximum Gasteiger partial charge on any atom is 0.197 e. The highest BCUT2D eigenvalue weighted by Gasteiger charge is 2.02. The summed E-state index contributed by atoms with van der Waals surface area (Å²) < 4.78 is 15.7. The molecule has 0 amide bonds. The number of benzene rings is 1. The zero-order valence-corrected chi connectivity index (χ0v) is 8.60. The van der Waals surface area contributed by atoms with Gasteiger partial charge >= 0.3 is 0 Å². The zero-order chi connectivity index (χ0) is 10.2. The molecule has 1 atom stereocenters. The van der Waals surface area contributed by atoms with Gasteiger partial charge in [0, 0.05) is 7.11 Å². The SMILES string of the molecule is COCCOC(C)Oc1ccccc1. The van der Waals surface area contributed by atoms with Gasteiger partial charge < -0.3 is 14.2 Å². The van der Waals surface area contributed by atoms with Crippen LogP contribution < -0.4 is 4.74 Å². The Bertz CT molecular complexity index is 236. The highest BCUT2D eigenvalue weighted by molar-refractivity contribution is 5.20. The van der Waals surface area contributed by atoms with Crippen LogP contribution in [-0.2, 0) is 9.47 Å². The number of methoxy groups -OCH3 is 1. The molecule has 0 aliphatic rings. The summed E-state index contributed by atoms with van der Waals surface area (Å²) in [7, 11) is 1.64. The van der Waals surface area contributed by atoms with Gasteiger partial charge in [-0.15, -0.1) is 0 Å². The molecule has 0 aromatic heterocycles. The molecule has 0 radical (unpaired) electrons. The van der Waals surface area contributed by atoms with Crippen molar-refractivity contribution < 1.29 is 14.2 Å². The van der Waals surface area contributed by atoms with E-state index in [1.54, 1.807) is 7.11 Å². The van der Waals surface area contributed by atoms with Gasteiger partial charge in [-0.05, 0) is 19.1 Å². The first-order valence-electron chi connectivity index (χ1n) is 4.65. The molecule has 1 aromatic carbocycles. The van der Waals surface area contributed by atoms with Crippen molar-refractivity contribution in [2.24, 2.45) is 0 Å². The molecule has 3 heteroatoms. The molecule has 0 fully saturated rings. The van der Waals surface area contributed by atoms with Crippen molar-refractivity contribution in [2.75, 3.05) is 20.3 Å². The van der Waals surface area contributed by atoms with Crippen LogP contribution in [0.2, 0.25) is 0 Å². The first-order valence-corrected chi connectivity index (χ1v) is 4.65. The minimum absolute atomic E-state index is 0.243. The highest BCUT2D eigenvalue weighted by Crippen LogP contribution is 2.10. The van der Waals surface area contributed by atoms with Crippen LogP contribution in [0.5, 0.6) is 5.75 Å². The summed E-state index contributed by atoms with van der Waals surface area (Å²) in [6.07, 6.45) is -0.243. The van der Waals surface area contributed by atoms with Crippen molar-refractivity contribution in [3.05, 3.63) is 30.3 Å². The van der Waals surface area contributed by atoms with Crippen LogP contribution in [0.4, 0.5) is 0 Å². The topological polar surface area (TPSA) is 27.7 Å². The average molecular weight is 196 g/mol. The Morgan fingerprint density at radius 1 is 1.14 bits per heavy atom. The Balaban J connectivity index is 2.23. The molecule has 0 N–H and O–H groups in total. The Labute approximate surface area is 84.6 Å². The predicted molar refractivity (Wildman–Crippen MR) is 54.4 cm³/mol. The maximum atomic E-state index is 5.48. The molecule has 1 aromatic rings. The van der Waals surface area contributed by atoms with Crippen LogP contribution in [0.3, 0.4) is 0 Å². The van der Waals surface area contributed by atoms with E-state index >= 15 is 0 Å². The predicted octanol–water partition coefficient (Wildman–Crippen LogP) is 2.07. The van der Waals surface area contributed by atoms with E-state index < -0.39 is 0 Å². The number of rotatable bonds is 6. The molecule has 0 heterocycles. The summed E-state index contributed by atoms with van der Waals surface area (Å²) in [4.78, 5) is 0. The van der Waals surface area contributed by atoms with E-state index in [1.807, 2.05) is 37.3 Å². The van der Waals surface area contributed by atoms with Crippen molar-refractivity contribution in [3.8, 4) is 5.75 Å². The van der Waals surface area contributed by atoms with Crippen LogP contribution in [-0.4, -0.2) is 26.6 Å². The lowest BCUT2D eigenvalue weighted by atomic mass is 10.3. The molecule has 0 saturated carbocycles. The van der Waals surface area contributed by atoms with E-state index in [0.717, 1.165) is 5.75 Å². The Hall–Kier alpha value is -1.06. The Morgan fingerprint density at radius 3 is 2.50 bits per heavy atom. The van der Waals surface area contributed by atoms with Gasteiger partial charge in [0.05, 0.1) is 13.2 Å². The fourth-order valence-electron chi connectivity index (χ4n) is 1.02. The summed E-state index contributed by atoms with van der Waals surface area (Å²) >= 11 is 0. The molecule has 0 aliphatic heterocycles. The largest absolute Gasteiger partial charge is 0.465 e. The monoisotopic (exact) mass is 196 g/mol. The van der Waals surface area contributed by atoms with Crippen LogP contribution in [0.25, 0.3) is 0 Å². The molecular weight excluding hydrogens is 180 g/mol. The normalized spacial score (nSPS) is 12.4. The first-order chi connectivity index (χ1) is 6.83. The highest BCUT2D eigenvalue weighted by atomic mass is 16.7. The van der Waals surface area contributed by atoms with Gasteiger partial charge in [-0.3, -0.25) is 0 Å². The Morgan fingerprint density at radius 2 is 1.86 bits per heavy atom. The van der Waals surface area contributed by atoms with Crippen molar-refractivity contribution >= 4 is 0 Å².